The van der Waals surface area contributed by atoms with Gasteiger partial charge in [-0.3, -0.25) is 0 Å². The molecule has 0 aliphatic carbocycles. The summed E-state index contributed by atoms with van der Waals surface area (Å²) in [5, 5.41) is 0. The Bertz CT molecular complexity index is 2110. The number of hydrogen-bond acceptors (Lipinski definition) is 2. The zero-order valence-electron chi connectivity index (χ0n) is 28.9. The first-order valence-electron chi connectivity index (χ1n) is 17.6. The summed E-state index contributed by atoms with van der Waals surface area (Å²) in [6.45, 7) is 13.7. The van der Waals surface area contributed by atoms with Crippen molar-refractivity contribution in [2.75, 3.05) is 9.80 Å². The van der Waals surface area contributed by atoms with Crippen LogP contribution in [0.1, 0.15) is 76.0 Å². The molecule has 3 heteroatoms. The molecule has 0 radical (unpaired) electrons. The van der Waals surface area contributed by atoms with Gasteiger partial charge in [0.15, 0.2) is 0 Å². The quantitative estimate of drug-likeness (QED) is 0.170. The maximum atomic E-state index is 2.51. The minimum atomic E-state index is 0.122. The molecule has 0 saturated carbocycles. The molecule has 236 valence electrons. The fraction of sp³-hybridized carbons (Fsp3) is 0.200. The van der Waals surface area contributed by atoms with Crippen LogP contribution in [0.3, 0.4) is 0 Å². The Morgan fingerprint density at radius 1 is 0.396 bits per heavy atom. The Hall–Kier alpha value is -5.02. The van der Waals surface area contributed by atoms with E-state index in [1.165, 1.54) is 78.3 Å². The number of nitrogens with zero attached hydrogens (tertiary/aromatic N) is 2. The first kappa shape index (κ1) is 30.3. The maximum Gasteiger partial charge on any atom is 0.252 e. The van der Waals surface area contributed by atoms with Gasteiger partial charge >= 0.3 is 0 Å². The minimum Gasteiger partial charge on any atom is -0.311 e. The van der Waals surface area contributed by atoms with E-state index in [0.717, 1.165) is 0 Å². The van der Waals surface area contributed by atoms with Crippen molar-refractivity contribution in [2.45, 2.75) is 59.3 Å². The van der Waals surface area contributed by atoms with E-state index in [1.54, 1.807) is 0 Å². The van der Waals surface area contributed by atoms with Gasteiger partial charge in [0, 0.05) is 34.1 Å². The molecule has 0 unspecified atom stereocenters. The van der Waals surface area contributed by atoms with Crippen molar-refractivity contribution in [1.82, 2.24) is 0 Å². The molecule has 2 nitrogen and oxygen atoms in total. The van der Waals surface area contributed by atoms with E-state index < -0.39 is 0 Å². The first-order chi connectivity index (χ1) is 23.3. The highest BCUT2D eigenvalue weighted by Gasteiger charge is 2.43. The smallest absolute Gasteiger partial charge is 0.252 e. The van der Waals surface area contributed by atoms with Crippen molar-refractivity contribution in [3.63, 3.8) is 0 Å². The van der Waals surface area contributed by atoms with Gasteiger partial charge in [0.05, 0.1) is 0 Å². The van der Waals surface area contributed by atoms with Gasteiger partial charge in [-0.1, -0.05) is 126 Å². The number of hydrogen-bond donors (Lipinski definition) is 0. The van der Waals surface area contributed by atoms with Gasteiger partial charge in [0.1, 0.15) is 0 Å². The molecule has 0 spiro atoms. The van der Waals surface area contributed by atoms with Crippen molar-refractivity contribution < 1.29 is 0 Å². The average molecular weight is 623 g/mol. The summed E-state index contributed by atoms with van der Waals surface area (Å²) in [6, 6.07) is 50.5. The van der Waals surface area contributed by atoms with Crippen LogP contribution in [-0.4, -0.2) is 6.71 Å². The van der Waals surface area contributed by atoms with Gasteiger partial charge < -0.3 is 9.80 Å². The molecule has 6 aromatic carbocycles. The van der Waals surface area contributed by atoms with E-state index in [2.05, 4.69) is 185 Å². The lowest BCUT2D eigenvalue weighted by Gasteiger charge is -2.44. The second-order valence-corrected chi connectivity index (χ2v) is 14.4. The van der Waals surface area contributed by atoms with Gasteiger partial charge in [-0.2, -0.15) is 0 Å². The fourth-order valence-corrected chi connectivity index (χ4v) is 7.69. The third kappa shape index (κ3) is 4.96. The second-order valence-electron chi connectivity index (χ2n) is 14.4. The Balaban J connectivity index is 1.36. The monoisotopic (exact) mass is 622 g/mol. The topological polar surface area (TPSA) is 6.48 Å². The standard InChI is InChI=1S/C45H43BN2/c1-29(2)32-14-16-35(17-15-32)36-22-27-40-44(28-36)48(38-25-20-34(21-26-38)31(5)6)43-13-9-12-42-45(43)46(40)39-10-7-8-11-41(39)47(42)37-23-18-33(19-24-37)30(3)4/h7-31H,1-6H3. The Morgan fingerprint density at radius 2 is 0.833 bits per heavy atom. The molecule has 0 amide bonds. The number of fused-ring (bicyclic) bond motifs is 4. The Kier molecular flexibility index (Phi) is 7.52. The summed E-state index contributed by atoms with van der Waals surface area (Å²) in [4.78, 5) is 4.99. The van der Waals surface area contributed by atoms with Crippen LogP contribution < -0.4 is 26.2 Å². The van der Waals surface area contributed by atoms with Crippen molar-refractivity contribution in [3.8, 4) is 11.1 Å². The van der Waals surface area contributed by atoms with E-state index >= 15 is 0 Å². The number of benzene rings is 6. The number of rotatable bonds is 6. The zero-order chi connectivity index (χ0) is 33.1. The van der Waals surface area contributed by atoms with Crippen LogP contribution in [0.15, 0.2) is 133 Å². The number of anilines is 6. The van der Waals surface area contributed by atoms with Gasteiger partial charge in [-0.05, 0) is 110 Å². The molecule has 6 aromatic rings. The lowest BCUT2D eigenvalue weighted by Crippen LogP contribution is -2.61. The van der Waals surface area contributed by atoms with Crippen LogP contribution in [0.4, 0.5) is 34.1 Å². The molecule has 0 saturated heterocycles. The molecular weight excluding hydrogens is 579 g/mol. The van der Waals surface area contributed by atoms with Crippen molar-refractivity contribution in [1.29, 1.82) is 0 Å². The van der Waals surface area contributed by atoms with E-state index in [1.807, 2.05) is 0 Å². The van der Waals surface area contributed by atoms with Crippen molar-refractivity contribution >= 4 is 57.2 Å². The predicted molar refractivity (Wildman–Crippen MR) is 208 cm³/mol. The van der Waals surface area contributed by atoms with Gasteiger partial charge in [0.2, 0.25) is 0 Å². The summed E-state index contributed by atoms with van der Waals surface area (Å²) >= 11 is 0. The van der Waals surface area contributed by atoms with E-state index in [9.17, 15) is 0 Å². The van der Waals surface area contributed by atoms with E-state index in [4.69, 9.17) is 0 Å². The van der Waals surface area contributed by atoms with Crippen molar-refractivity contribution in [3.05, 3.63) is 150 Å². The molecule has 48 heavy (non-hydrogen) atoms. The molecule has 2 heterocycles. The fourth-order valence-electron chi connectivity index (χ4n) is 7.69. The Labute approximate surface area is 286 Å². The largest absolute Gasteiger partial charge is 0.311 e. The molecule has 0 fully saturated rings. The maximum absolute atomic E-state index is 2.51. The molecule has 0 atom stereocenters. The molecule has 2 aliphatic heterocycles. The molecule has 0 N–H and O–H groups in total. The Morgan fingerprint density at radius 3 is 1.38 bits per heavy atom. The van der Waals surface area contributed by atoms with E-state index in [0.29, 0.717) is 17.8 Å². The average Bonchev–Trinajstić information content (AvgIpc) is 3.11. The lowest BCUT2D eigenvalue weighted by atomic mass is 9.33. The van der Waals surface area contributed by atoms with Crippen LogP contribution in [0.5, 0.6) is 0 Å². The molecular formula is C45H43BN2. The van der Waals surface area contributed by atoms with Gasteiger partial charge in [-0.25, -0.2) is 0 Å². The van der Waals surface area contributed by atoms with E-state index in [-0.39, 0.29) is 6.71 Å². The first-order valence-corrected chi connectivity index (χ1v) is 17.6. The zero-order valence-corrected chi connectivity index (χ0v) is 28.9. The highest BCUT2D eigenvalue weighted by molar-refractivity contribution is 7.00. The van der Waals surface area contributed by atoms with Crippen molar-refractivity contribution in [2.24, 2.45) is 0 Å². The summed E-state index contributed by atoms with van der Waals surface area (Å²) in [5.74, 6) is 1.48. The SMILES string of the molecule is CC(C)c1ccc(-c2ccc3c(c2)N(c2ccc(C(C)C)cc2)c2cccc4c2B3c2ccccc2N4c2ccc(C(C)C)cc2)cc1. The van der Waals surface area contributed by atoms with Crippen LogP contribution >= 0.6 is 0 Å². The summed E-state index contributed by atoms with van der Waals surface area (Å²) in [5.41, 5.74) is 18.0. The molecule has 8 rings (SSSR count). The highest BCUT2D eigenvalue weighted by Crippen LogP contribution is 2.44. The summed E-state index contributed by atoms with van der Waals surface area (Å²) in [6.07, 6.45) is 0. The van der Waals surface area contributed by atoms with Crippen LogP contribution in [0.2, 0.25) is 0 Å². The predicted octanol–water partition coefficient (Wildman–Crippen LogP) is 10.8. The van der Waals surface area contributed by atoms with Crippen LogP contribution in [0.25, 0.3) is 11.1 Å². The second kappa shape index (κ2) is 11.9. The lowest BCUT2D eigenvalue weighted by molar-refractivity contribution is 0.866. The minimum absolute atomic E-state index is 0.122. The number of para-hydroxylation sites is 1. The summed E-state index contributed by atoms with van der Waals surface area (Å²) in [7, 11) is 0. The third-order valence-electron chi connectivity index (χ3n) is 10.4. The highest BCUT2D eigenvalue weighted by atomic mass is 15.2. The molecule has 0 bridgehead atoms. The van der Waals surface area contributed by atoms with Gasteiger partial charge in [0.25, 0.3) is 6.71 Å². The van der Waals surface area contributed by atoms with Gasteiger partial charge in [-0.15, -0.1) is 0 Å². The summed E-state index contributed by atoms with van der Waals surface area (Å²) < 4.78 is 0. The molecule has 0 aromatic heterocycles. The van der Waals surface area contributed by atoms with Crippen LogP contribution in [-0.2, 0) is 0 Å². The third-order valence-corrected chi connectivity index (χ3v) is 10.4. The molecule has 2 aliphatic rings. The normalized spacial score (nSPS) is 13.2. The van der Waals surface area contributed by atoms with Crippen LogP contribution in [0, 0.1) is 0 Å².